The molecule has 0 radical (unpaired) electrons. The maximum atomic E-state index is 10.7. The van der Waals surface area contributed by atoms with Crippen LogP contribution in [0, 0.1) is 6.92 Å². The Morgan fingerprint density at radius 1 is 1.24 bits per heavy atom. The average Bonchev–Trinajstić information content (AvgIpc) is 3.08. The van der Waals surface area contributed by atoms with Crippen LogP contribution in [0.25, 0.3) is 10.8 Å². The van der Waals surface area contributed by atoms with Crippen molar-refractivity contribution in [1.82, 2.24) is 15.0 Å². The number of piperidine rings is 1. The molecule has 130 valence electrons. The van der Waals surface area contributed by atoms with E-state index in [1.807, 2.05) is 25.1 Å². The zero-order chi connectivity index (χ0) is 17.2. The predicted octanol–water partition coefficient (Wildman–Crippen LogP) is 3.44. The summed E-state index contributed by atoms with van der Waals surface area (Å²) in [6.45, 7) is 4.32. The number of aromatic nitrogens is 2. The van der Waals surface area contributed by atoms with Crippen LogP contribution in [0.15, 0.2) is 47.0 Å². The van der Waals surface area contributed by atoms with Crippen LogP contribution in [0.1, 0.15) is 42.1 Å². The minimum absolute atomic E-state index is 0.263. The van der Waals surface area contributed by atoms with Crippen molar-refractivity contribution in [3.8, 4) is 0 Å². The molecule has 0 amide bonds. The summed E-state index contributed by atoms with van der Waals surface area (Å²) in [5.41, 5.74) is 0.967. The number of hydrogen-bond acceptors (Lipinski definition) is 5. The first kappa shape index (κ1) is 16.2. The topological polar surface area (TPSA) is 62.4 Å². The van der Waals surface area contributed by atoms with Crippen molar-refractivity contribution in [2.45, 2.75) is 31.8 Å². The lowest BCUT2D eigenvalue weighted by Gasteiger charge is -2.32. The highest BCUT2D eigenvalue weighted by molar-refractivity contribution is 5.83. The van der Waals surface area contributed by atoms with Crippen molar-refractivity contribution in [3.05, 3.63) is 59.7 Å². The lowest BCUT2D eigenvalue weighted by molar-refractivity contribution is 0.0911. The van der Waals surface area contributed by atoms with Gasteiger partial charge in [-0.25, -0.2) is 0 Å². The zero-order valence-electron chi connectivity index (χ0n) is 14.4. The number of nitrogens with zero attached hydrogens (tertiary/aromatic N) is 3. The highest BCUT2D eigenvalue weighted by atomic mass is 16.5. The normalized spacial score (nSPS) is 20.0. The Bertz CT molecular complexity index is 861. The van der Waals surface area contributed by atoms with E-state index in [9.17, 15) is 5.11 Å². The van der Waals surface area contributed by atoms with Gasteiger partial charge in [-0.2, -0.15) is 4.98 Å². The molecular weight excluding hydrogens is 314 g/mol. The highest BCUT2D eigenvalue weighted by Crippen LogP contribution is 2.28. The van der Waals surface area contributed by atoms with Gasteiger partial charge in [0.05, 0.1) is 12.0 Å². The Morgan fingerprint density at radius 3 is 2.88 bits per heavy atom. The van der Waals surface area contributed by atoms with Crippen LogP contribution >= 0.6 is 0 Å². The molecule has 0 spiro atoms. The minimum atomic E-state index is -0.493. The van der Waals surface area contributed by atoms with Crippen LogP contribution < -0.4 is 0 Å². The van der Waals surface area contributed by atoms with Crippen LogP contribution in [0.4, 0.5) is 0 Å². The van der Waals surface area contributed by atoms with Crippen LogP contribution in [-0.2, 0) is 0 Å². The van der Waals surface area contributed by atoms with E-state index in [4.69, 9.17) is 4.52 Å². The third kappa shape index (κ3) is 3.57. The Labute approximate surface area is 147 Å². The fourth-order valence-corrected chi connectivity index (χ4v) is 3.67. The number of fused-ring (bicyclic) bond motifs is 1. The fraction of sp³-hybridized carbons (Fsp3) is 0.400. The minimum Gasteiger partial charge on any atom is -0.387 e. The molecule has 5 heteroatoms. The van der Waals surface area contributed by atoms with Gasteiger partial charge in [-0.15, -0.1) is 0 Å². The Kier molecular flexibility index (Phi) is 4.51. The van der Waals surface area contributed by atoms with Gasteiger partial charge in [-0.05, 0) is 48.7 Å². The first-order chi connectivity index (χ1) is 12.2. The molecule has 1 N–H and O–H groups in total. The number of likely N-dealkylation sites (tertiary alicyclic amines) is 1. The molecule has 1 aromatic heterocycles. The molecule has 1 saturated heterocycles. The number of hydrogen-bond donors (Lipinski definition) is 1. The van der Waals surface area contributed by atoms with Gasteiger partial charge in [0.2, 0.25) is 5.89 Å². The van der Waals surface area contributed by atoms with Gasteiger partial charge in [0.25, 0.3) is 0 Å². The molecule has 1 aliphatic rings. The molecule has 4 rings (SSSR count). The molecule has 2 aromatic carbocycles. The lowest BCUT2D eigenvalue weighted by Crippen LogP contribution is -2.37. The third-order valence-corrected chi connectivity index (χ3v) is 4.99. The van der Waals surface area contributed by atoms with Crippen LogP contribution in [0.3, 0.4) is 0 Å². The quantitative estimate of drug-likeness (QED) is 0.790. The summed E-state index contributed by atoms with van der Waals surface area (Å²) in [4.78, 5) is 6.67. The van der Waals surface area contributed by atoms with E-state index < -0.39 is 6.10 Å². The standard InChI is InChI=1S/C20H23N3O2/c1-14-21-20(25-22-14)18-7-4-10-23(12-18)13-19(24)17-9-8-15-5-2-3-6-16(15)11-17/h2-3,5-6,8-9,11,18-19,24H,4,7,10,12-13H2,1H3/t18-,19-/m0/s1. The highest BCUT2D eigenvalue weighted by Gasteiger charge is 2.27. The molecule has 2 heterocycles. The number of aliphatic hydroxyl groups is 1. The van der Waals surface area contributed by atoms with Gasteiger partial charge in [-0.1, -0.05) is 41.6 Å². The van der Waals surface area contributed by atoms with E-state index in [1.165, 1.54) is 5.39 Å². The molecule has 0 unspecified atom stereocenters. The van der Waals surface area contributed by atoms with Gasteiger partial charge in [0, 0.05) is 13.1 Å². The maximum Gasteiger partial charge on any atom is 0.231 e. The summed E-state index contributed by atoms with van der Waals surface area (Å²) in [7, 11) is 0. The van der Waals surface area contributed by atoms with Crippen molar-refractivity contribution in [3.63, 3.8) is 0 Å². The number of aryl methyl sites for hydroxylation is 1. The predicted molar refractivity (Wildman–Crippen MR) is 96.4 cm³/mol. The lowest BCUT2D eigenvalue weighted by atomic mass is 9.96. The van der Waals surface area contributed by atoms with Crippen molar-refractivity contribution in [1.29, 1.82) is 0 Å². The van der Waals surface area contributed by atoms with E-state index in [0.29, 0.717) is 12.4 Å². The second-order valence-electron chi connectivity index (χ2n) is 6.90. The third-order valence-electron chi connectivity index (χ3n) is 4.99. The summed E-state index contributed by atoms with van der Waals surface area (Å²) in [5, 5.41) is 17.0. The summed E-state index contributed by atoms with van der Waals surface area (Å²) in [6.07, 6.45) is 1.65. The largest absolute Gasteiger partial charge is 0.387 e. The van der Waals surface area contributed by atoms with Crippen molar-refractivity contribution in [2.75, 3.05) is 19.6 Å². The molecule has 25 heavy (non-hydrogen) atoms. The molecule has 0 aliphatic carbocycles. The van der Waals surface area contributed by atoms with Crippen molar-refractivity contribution in [2.24, 2.45) is 0 Å². The second kappa shape index (κ2) is 6.94. The van der Waals surface area contributed by atoms with Gasteiger partial charge in [0.15, 0.2) is 5.82 Å². The summed E-state index contributed by atoms with van der Waals surface area (Å²) in [6, 6.07) is 14.4. The van der Waals surface area contributed by atoms with Crippen molar-refractivity contribution >= 4 is 10.8 Å². The number of β-amino-alcohol motifs (C(OH)–C–C–N with tert-alkyl or cyclic N) is 1. The van der Waals surface area contributed by atoms with E-state index in [1.54, 1.807) is 0 Å². The SMILES string of the molecule is Cc1noc([C@H]2CCCN(C[C@H](O)c3ccc4ccccc4c3)C2)n1. The first-order valence-corrected chi connectivity index (χ1v) is 8.88. The Balaban J connectivity index is 1.44. The molecule has 1 aliphatic heterocycles. The molecule has 2 atom stereocenters. The van der Waals surface area contributed by atoms with Crippen LogP contribution in [0.2, 0.25) is 0 Å². The van der Waals surface area contributed by atoms with E-state index >= 15 is 0 Å². The van der Waals surface area contributed by atoms with Crippen LogP contribution in [-0.4, -0.2) is 39.8 Å². The van der Waals surface area contributed by atoms with Crippen LogP contribution in [0.5, 0.6) is 0 Å². The average molecular weight is 337 g/mol. The Hall–Kier alpha value is -2.24. The van der Waals surface area contributed by atoms with Gasteiger partial charge < -0.3 is 9.63 Å². The molecule has 3 aromatic rings. The summed E-state index contributed by atoms with van der Waals surface area (Å²) < 4.78 is 5.34. The molecule has 1 fully saturated rings. The fourth-order valence-electron chi connectivity index (χ4n) is 3.67. The van der Waals surface area contributed by atoms with E-state index in [0.717, 1.165) is 42.8 Å². The first-order valence-electron chi connectivity index (χ1n) is 8.88. The molecule has 5 nitrogen and oxygen atoms in total. The molecule has 0 saturated carbocycles. The monoisotopic (exact) mass is 337 g/mol. The summed E-state index contributed by atoms with van der Waals surface area (Å²) in [5.74, 6) is 1.67. The Morgan fingerprint density at radius 2 is 2.08 bits per heavy atom. The van der Waals surface area contributed by atoms with Crippen molar-refractivity contribution < 1.29 is 9.63 Å². The van der Waals surface area contributed by atoms with Gasteiger partial charge in [-0.3, -0.25) is 4.90 Å². The van der Waals surface area contributed by atoms with E-state index in [-0.39, 0.29) is 5.92 Å². The second-order valence-corrected chi connectivity index (χ2v) is 6.90. The van der Waals surface area contributed by atoms with E-state index in [2.05, 4.69) is 39.3 Å². The molecule has 0 bridgehead atoms. The number of aliphatic hydroxyl groups excluding tert-OH is 1. The number of benzene rings is 2. The maximum absolute atomic E-state index is 10.7. The summed E-state index contributed by atoms with van der Waals surface area (Å²) >= 11 is 0. The molecular formula is C20H23N3O2. The smallest absolute Gasteiger partial charge is 0.231 e. The van der Waals surface area contributed by atoms with Gasteiger partial charge in [0.1, 0.15) is 0 Å². The van der Waals surface area contributed by atoms with Gasteiger partial charge >= 0.3 is 0 Å². The number of rotatable bonds is 4. The zero-order valence-corrected chi connectivity index (χ0v) is 14.4.